The summed E-state index contributed by atoms with van der Waals surface area (Å²) in [5, 5.41) is 21.3. The van der Waals surface area contributed by atoms with Crippen molar-refractivity contribution in [2.24, 2.45) is 0 Å². The summed E-state index contributed by atoms with van der Waals surface area (Å²) in [4.78, 5) is 24.5. The first-order valence-corrected chi connectivity index (χ1v) is 11.3. The van der Waals surface area contributed by atoms with Gasteiger partial charge in [-0.2, -0.15) is 10.5 Å². The number of nitriles is 2. The number of methoxy groups -OCH3 is 1. The van der Waals surface area contributed by atoms with Crippen LogP contribution in [0.4, 0.5) is 5.69 Å². The number of nitrogens with one attached hydrogen (secondary N) is 1. The highest BCUT2D eigenvalue weighted by atomic mass is 35.5. The van der Waals surface area contributed by atoms with Crippen LogP contribution in [0.15, 0.2) is 65.6 Å². The maximum Gasteiger partial charge on any atom is 0.315 e. The predicted molar refractivity (Wildman–Crippen MR) is 129 cm³/mol. The molecule has 3 aromatic carbocycles. The van der Waals surface area contributed by atoms with Gasteiger partial charge in [0.15, 0.2) is 0 Å². The molecule has 3 rings (SSSR count). The smallest absolute Gasteiger partial charge is 0.315 e. The van der Waals surface area contributed by atoms with Crippen LogP contribution in [0.25, 0.3) is 0 Å². The van der Waals surface area contributed by atoms with Crippen LogP contribution < -0.4 is 10.1 Å². The Bertz CT molecular complexity index is 1260. The molecule has 0 aromatic heterocycles. The Hall–Kier alpha value is -3.98. The number of rotatable bonds is 8. The van der Waals surface area contributed by atoms with Crippen LogP contribution in [0.3, 0.4) is 0 Å². The summed E-state index contributed by atoms with van der Waals surface area (Å²) in [6.45, 7) is 0. The molecule has 0 spiro atoms. The lowest BCUT2D eigenvalue weighted by molar-refractivity contribution is -0.137. The van der Waals surface area contributed by atoms with E-state index in [1.807, 2.05) is 24.3 Å². The van der Waals surface area contributed by atoms with E-state index in [1.54, 1.807) is 30.3 Å². The standard InChI is InChI=1S/C25H18ClN3O4S/c1-32-25(31)15-34-21-5-3-19(4-6-21)29-24(30)12-16-2-7-23(22(26)11-16)33-20-9-17(13-27)8-18(10-20)14-28/h2-11H,12,15H2,1H3,(H,29,30). The van der Waals surface area contributed by atoms with E-state index in [-0.39, 0.29) is 29.1 Å². The van der Waals surface area contributed by atoms with E-state index in [0.29, 0.717) is 33.9 Å². The molecule has 0 aliphatic carbocycles. The van der Waals surface area contributed by atoms with Crippen molar-refractivity contribution in [3.63, 3.8) is 0 Å². The molecule has 0 saturated heterocycles. The van der Waals surface area contributed by atoms with Gasteiger partial charge in [-0.1, -0.05) is 17.7 Å². The van der Waals surface area contributed by atoms with Crippen molar-refractivity contribution in [3.05, 3.63) is 82.4 Å². The van der Waals surface area contributed by atoms with Gasteiger partial charge < -0.3 is 14.8 Å². The Morgan fingerprint density at radius 1 is 1.00 bits per heavy atom. The quantitative estimate of drug-likeness (QED) is 0.335. The molecule has 34 heavy (non-hydrogen) atoms. The third kappa shape index (κ3) is 7.01. The van der Waals surface area contributed by atoms with Crippen molar-refractivity contribution in [2.45, 2.75) is 11.3 Å². The molecule has 0 fully saturated rings. The third-order valence-corrected chi connectivity index (χ3v) is 5.76. The van der Waals surface area contributed by atoms with Crippen LogP contribution in [0, 0.1) is 22.7 Å². The zero-order valence-corrected chi connectivity index (χ0v) is 19.6. The third-order valence-electron chi connectivity index (χ3n) is 4.48. The molecule has 0 aliphatic heterocycles. The monoisotopic (exact) mass is 491 g/mol. The summed E-state index contributed by atoms with van der Waals surface area (Å²) in [6.07, 6.45) is 0.0986. The fourth-order valence-corrected chi connectivity index (χ4v) is 3.85. The minimum Gasteiger partial charge on any atom is -0.468 e. The molecule has 1 amide bonds. The Labute approximate surface area is 205 Å². The number of thioether (sulfide) groups is 1. The predicted octanol–water partition coefficient (Wildman–Crippen LogP) is 5.32. The number of ether oxygens (including phenoxy) is 2. The number of hydrogen-bond donors (Lipinski definition) is 1. The van der Waals surface area contributed by atoms with Crippen molar-refractivity contribution >= 4 is 40.9 Å². The Morgan fingerprint density at radius 3 is 2.26 bits per heavy atom. The first-order valence-electron chi connectivity index (χ1n) is 9.91. The van der Waals surface area contributed by atoms with Crippen molar-refractivity contribution < 1.29 is 19.1 Å². The number of esters is 1. The van der Waals surface area contributed by atoms with E-state index in [0.717, 1.165) is 4.90 Å². The number of nitrogens with zero attached hydrogens (tertiary/aromatic N) is 2. The summed E-state index contributed by atoms with van der Waals surface area (Å²) in [7, 11) is 1.34. The van der Waals surface area contributed by atoms with Crippen LogP contribution in [-0.2, 0) is 20.7 Å². The number of carbonyl (C=O) groups is 2. The van der Waals surface area contributed by atoms with Gasteiger partial charge in [0.2, 0.25) is 5.91 Å². The summed E-state index contributed by atoms with van der Waals surface area (Å²) < 4.78 is 10.3. The lowest BCUT2D eigenvalue weighted by atomic mass is 10.1. The Morgan fingerprint density at radius 2 is 1.68 bits per heavy atom. The van der Waals surface area contributed by atoms with Crippen molar-refractivity contribution in [1.29, 1.82) is 10.5 Å². The maximum absolute atomic E-state index is 12.4. The molecule has 0 aliphatic rings. The molecule has 7 nitrogen and oxygen atoms in total. The SMILES string of the molecule is COC(=O)CSc1ccc(NC(=O)Cc2ccc(Oc3cc(C#N)cc(C#N)c3)c(Cl)c2)cc1. The fourth-order valence-electron chi connectivity index (χ4n) is 2.88. The van der Waals surface area contributed by atoms with Gasteiger partial charge >= 0.3 is 5.97 Å². The van der Waals surface area contributed by atoms with E-state index >= 15 is 0 Å². The number of amides is 1. The van der Waals surface area contributed by atoms with Crippen molar-refractivity contribution in [2.75, 3.05) is 18.2 Å². The summed E-state index contributed by atoms with van der Waals surface area (Å²) in [6, 6.07) is 20.6. The molecule has 0 radical (unpaired) electrons. The normalized spacial score (nSPS) is 10.0. The summed E-state index contributed by atoms with van der Waals surface area (Å²) in [5.41, 5.74) is 1.91. The van der Waals surface area contributed by atoms with Crippen LogP contribution in [0.2, 0.25) is 5.02 Å². The Balaban J connectivity index is 1.60. The van der Waals surface area contributed by atoms with Gasteiger partial charge in [0, 0.05) is 10.6 Å². The van der Waals surface area contributed by atoms with Gasteiger partial charge in [-0.15, -0.1) is 11.8 Å². The molecule has 170 valence electrons. The molecule has 3 aromatic rings. The molecule has 0 unspecified atom stereocenters. The molecule has 0 bridgehead atoms. The fraction of sp³-hybridized carbons (Fsp3) is 0.120. The zero-order chi connectivity index (χ0) is 24.5. The number of carbonyl (C=O) groups excluding carboxylic acids is 2. The number of benzene rings is 3. The van der Waals surface area contributed by atoms with E-state index in [1.165, 1.54) is 37.1 Å². The van der Waals surface area contributed by atoms with Gasteiger partial charge in [0.05, 0.1) is 47.6 Å². The average Bonchev–Trinajstić information content (AvgIpc) is 2.84. The van der Waals surface area contributed by atoms with E-state index in [9.17, 15) is 9.59 Å². The van der Waals surface area contributed by atoms with Gasteiger partial charge in [-0.3, -0.25) is 9.59 Å². The minimum absolute atomic E-state index is 0.0986. The lowest BCUT2D eigenvalue weighted by Gasteiger charge is -2.10. The van der Waals surface area contributed by atoms with E-state index in [4.69, 9.17) is 26.9 Å². The average molecular weight is 492 g/mol. The van der Waals surface area contributed by atoms with Crippen LogP contribution in [-0.4, -0.2) is 24.7 Å². The highest BCUT2D eigenvalue weighted by Crippen LogP contribution is 2.31. The lowest BCUT2D eigenvalue weighted by Crippen LogP contribution is -2.14. The van der Waals surface area contributed by atoms with Gasteiger partial charge in [-0.25, -0.2) is 0 Å². The molecule has 0 atom stereocenters. The van der Waals surface area contributed by atoms with E-state index in [2.05, 4.69) is 10.1 Å². The summed E-state index contributed by atoms with van der Waals surface area (Å²) >= 11 is 7.67. The van der Waals surface area contributed by atoms with Gasteiger partial charge in [-0.05, 0) is 60.2 Å². The van der Waals surface area contributed by atoms with Gasteiger partial charge in [0.25, 0.3) is 0 Å². The van der Waals surface area contributed by atoms with Crippen LogP contribution in [0.1, 0.15) is 16.7 Å². The number of halogens is 1. The second-order valence-electron chi connectivity index (χ2n) is 6.95. The second-order valence-corrected chi connectivity index (χ2v) is 8.41. The largest absolute Gasteiger partial charge is 0.468 e. The molecule has 0 saturated carbocycles. The molecule has 1 N–H and O–H groups in total. The molecule has 0 heterocycles. The minimum atomic E-state index is -0.305. The first kappa shape index (κ1) is 24.7. The highest BCUT2D eigenvalue weighted by Gasteiger charge is 2.10. The topological polar surface area (TPSA) is 112 Å². The molecular weight excluding hydrogens is 474 g/mol. The highest BCUT2D eigenvalue weighted by molar-refractivity contribution is 8.00. The van der Waals surface area contributed by atoms with E-state index < -0.39 is 0 Å². The maximum atomic E-state index is 12.4. The van der Waals surface area contributed by atoms with Gasteiger partial charge in [0.1, 0.15) is 11.5 Å². The Kier molecular flexibility index (Phi) is 8.53. The van der Waals surface area contributed by atoms with Crippen molar-refractivity contribution in [3.8, 4) is 23.6 Å². The molecule has 9 heteroatoms. The zero-order valence-electron chi connectivity index (χ0n) is 18.0. The second kappa shape index (κ2) is 11.8. The van der Waals surface area contributed by atoms with Crippen LogP contribution >= 0.6 is 23.4 Å². The van der Waals surface area contributed by atoms with Crippen LogP contribution in [0.5, 0.6) is 11.5 Å². The molecular formula is C25H18ClN3O4S. The number of hydrogen-bond acceptors (Lipinski definition) is 7. The first-order chi connectivity index (χ1) is 16.4. The number of anilines is 1. The van der Waals surface area contributed by atoms with Crippen molar-refractivity contribution in [1.82, 2.24) is 0 Å². The summed E-state index contributed by atoms with van der Waals surface area (Å²) in [5.74, 6) is 0.340.